The maximum atomic E-state index is 11.3. The lowest BCUT2D eigenvalue weighted by Gasteiger charge is -2.17. The molecule has 2 N–H and O–H groups in total. The average Bonchev–Trinajstić information content (AvgIpc) is 2.36. The number of anilines is 1. The summed E-state index contributed by atoms with van der Waals surface area (Å²) in [6.07, 6.45) is 1.27. The van der Waals surface area contributed by atoms with Gasteiger partial charge in [0.2, 0.25) is 5.91 Å². The standard InChI is InChI=1S/C13H16N2O3/c1-2-14-13(17)8-18-10-5-3-9-4-6-12(16)15-11(9)7-10/h3,5,7H,2,4,6,8H2,1H3,(H,14,17)(H,15,16). The molecule has 0 atom stereocenters. The van der Waals surface area contributed by atoms with Crippen molar-refractivity contribution in [1.29, 1.82) is 0 Å². The van der Waals surface area contributed by atoms with Crippen molar-refractivity contribution < 1.29 is 14.3 Å². The largest absolute Gasteiger partial charge is 0.484 e. The lowest BCUT2D eigenvalue weighted by Crippen LogP contribution is -2.28. The van der Waals surface area contributed by atoms with Gasteiger partial charge >= 0.3 is 0 Å². The molecule has 0 aliphatic carbocycles. The fourth-order valence-electron chi connectivity index (χ4n) is 1.84. The molecule has 96 valence electrons. The van der Waals surface area contributed by atoms with Crippen molar-refractivity contribution >= 4 is 17.5 Å². The Balaban J connectivity index is 2.00. The summed E-state index contributed by atoms with van der Waals surface area (Å²) in [7, 11) is 0. The SMILES string of the molecule is CCNC(=O)COc1ccc2c(c1)NC(=O)CC2. The lowest BCUT2D eigenvalue weighted by molar-refractivity contribution is -0.123. The van der Waals surface area contributed by atoms with E-state index in [0.29, 0.717) is 18.7 Å². The van der Waals surface area contributed by atoms with Gasteiger partial charge < -0.3 is 15.4 Å². The molecule has 0 radical (unpaired) electrons. The first-order valence-electron chi connectivity index (χ1n) is 6.01. The highest BCUT2D eigenvalue weighted by atomic mass is 16.5. The molecule has 0 aromatic heterocycles. The summed E-state index contributed by atoms with van der Waals surface area (Å²) in [5.41, 5.74) is 1.87. The van der Waals surface area contributed by atoms with E-state index in [1.807, 2.05) is 19.1 Å². The predicted molar refractivity (Wildman–Crippen MR) is 67.6 cm³/mol. The van der Waals surface area contributed by atoms with Gasteiger partial charge in [-0.3, -0.25) is 9.59 Å². The smallest absolute Gasteiger partial charge is 0.257 e. The van der Waals surface area contributed by atoms with E-state index < -0.39 is 0 Å². The van der Waals surface area contributed by atoms with Crippen LogP contribution >= 0.6 is 0 Å². The molecule has 1 heterocycles. The van der Waals surface area contributed by atoms with Gasteiger partial charge in [-0.15, -0.1) is 0 Å². The first-order chi connectivity index (χ1) is 8.69. The second kappa shape index (κ2) is 5.53. The normalized spacial score (nSPS) is 13.5. The van der Waals surface area contributed by atoms with E-state index in [1.165, 1.54) is 0 Å². The monoisotopic (exact) mass is 248 g/mol. The Morgan fingerprint density at radius 2 is 2.28 bits per heavy atom. The number of rotatable bonds is 4. The van der Waals surface area contributed by atoms with Crippen molar-refractivity contribution in [2.75, 3.05) is 18.5 Å². The Morgan fingerprint density at radius 3 is 3.06 bits per heavy atom. The second-order valence-corrected chi connectivity index (χ2v) is 4.11. The fraction of sp³-hybridized carbons (Fsp3) is 0.385. The summed E-state index contributed by atoms with van der Waals surface area (Å²) in [4.78, 5) is 22.5. The Labute approximate surface area is 106 Å². The Bertz CT molecular complexity index is 471. The van der Waals surface area contributed by atoms with E-state index in [9.17, 15) is 9.59 Å². The van der Waals surface area contributed by atoms with E-state index >= 15 is 0 Å². The second-order valence-electron chi connectivity index (χ2n) is 4.11. The van der Waals surface area contributed by atoms with Crippen molar-refractivity contribution in [3.05, 3.63) is 23.8 Å². The minimum Gasteiger partial charge on any atom is -0.484 e. The van der Waals surface area contributed by atoms with E-state index in [-0.39, 0.29) is 18.4 Å². The quantitative estimate of drug-likeness (QED) is 0.838. The van der Waals surface area contributed by atoms with Crippen LogP contribution in [0.3, 0.4) is 0 Å². The van der Waals surface area contributed by atoms with Gasteiger partial charge in [0.1, 0.15) is 5.75 Å². The highest BCUT2D eigenvalue weighted by molar-refractivity contribution is 5.94. The number of nitrogens with one attached hydrogen (secondary N) is 2. The van der Waals surface area contributed by atoms with Gasteiger partial charge in [0.05, 0.1) is 0 Å². The zero-order chi connectivity index (χ0) is 13.0. The number of aryl methyl sites for hydroxylation is 1. The molecule has 1 aromatic carbocycles. The molecule has 1 aliphatic rings. The number of fused-ring (bicyclic) bond motifs is 1. The molecule has 5 heteroatoms. The van der Waals surface area contributed by atoms with E-state index in [4.69, 9.17) is 4.74 Å². The van der Waals surface area contributed by atoms with Crippen LogP contribution < -0.4 is 15.4 Å². The number of ether oxygens (including phenoxy) is 1. The third kappa shape index (κ3) is 3.00. The fourth-order valence-corrected chi connectivity index (χ4v) is 1.84. The summed E-state index contributed by atoms with van der Waals surface area (Å²) in [5.74, 6) is 0.449. The van der Waals surface area contributed by atoms with E-state index in [1.54, 1.807) is 6.07 Å². The number of hydrogen-bond acceptors (Lipinski definition) is 3. The number of amides is 2. The molecular weight excluding hydrogens is 232 g/mol. The molecule has 0 spiro atoms. The minimum absolute atomic E-state index is 0.0133. The van der Waals surface area contributed by atoms with Crippen LogP contribution in [0.2, 0.25) is 0 Å². The van der Waals surface area contributed by atoms with Crippen LogP contribution in [0.15, 0.2) is 18.2 Å². The summed E-state index contributed by atoms with van der Waals surface area (Å²) in [6, 6.07) is 5.49. The molecular formula is C13H16N2O3. The first kappa shape index (κ1) is 12.4. The van der Waals surface area contributed by atoms with Gasteiger partial charge in [-0.1, -0.05) is 6.07 Å². The summed E-state index contributed by atoms with van der Waals surface area (Å²) in [5, 5.41) is 5.45. The highest BCUT2D eigenvalue weighted by Crippen LogP contribution is 2.26. The number of benzene rings is 1. The van der Waals surface area contributed by atoms with Crippen molar-refractivity contribution in [2.24, 2.45) is 0 Å². The maximum Gasteiger partial charge on any atom is 0.257 e. The topological polar surface area (TPSA) is 67.4 Å². The van der Waals surface area contributed by atoms with Gasteiger partial charge in [-0.25, -0.2) is 0 Å². The number of carbonyl (C=O) groups excluding carboxylic acids is 2. The van der Waals surface area contributed by atoms with Gasteiger partial charge in [0, 0.05) is 24.7 Å². The molecule has 0 saturated carbocycles. The molecule has 1 aromatic rings. The number of likely N-dealkylation sites (N-methyl/N-ethyl adjacent to an activating group) is 1. The summed E-state index contributed by atoms with van der Waals surface area (Å²) < 4.78 is 5.36. The molecule has 0 unspecified atom stereocenters. The summed E-state index contributed by atoms with van der Waals surface area (Å²) in [6.45, 7) is 2.43. The maximum absolute atomic E-state index is 11.3. The molecule has 0 bridgehead atoms. The third-order valence-corrected chi connectivity index (χ3v) is 2.72. The van der Waals surface area contributed by atoms with E-state index in [2.05, 4.69) is 10.6 Å². The number of hydrogen-bond donors (Lipinski definition) is 2. The summed E-state index contributed by atoms with van der Waals surface area (Å²) >= 11 is 0. The lowest BCUT2D eigenvalue weighted by atomic mass is 10.0. The van der Waals surface area contributed by atoms with Crippen LogP contribution in [0.5, 0.6) is 5.75 Å². The highest BCUT2D eigenvalue weighted by Gasteiger charge is 2.15. The minimum atomic E-state index is -0.153. The van der Waals surface area contributed by atoms with E-state index in [0.717, 1.165) is 17.7 Å². The molecule has 2 rings (SSSR count). The Morgan fingerprint density at radius 1 is 1.44 bits per heavy atom. The zero-order valence-corrected chi connectivity index (χ0v) is 10.3. The van der Waals surface area contributed by atoms with Crippen LogP contribution in [0, 0.1) is 0 Å². The Kier molecular flexibility index (Phi) is 3.82. The third-order valence-electron chi connectivity index (χ3n) is 2.72. The molecule has 5 nitrogen and oxygen atoms in total. The number of carbonyl (C=O) groups is 2. The van der Waals surface area contributed by atoms with Gasteiger partial charge in [0.15, 0.2) is 6.61 Å². The molecule has 18 heavy (non-hydrogen) atoms. The predicted octanol–water partition coefficient (Wildman–Crippen LogP) is 1.09. The van der Waals surface area contributed by atoms with Gasteiger partial charge in [-0.05, 0) is 25.0 Å². The van der Waals surface area contributed by atoms with Crippen molar-refractivity contribution in [3.8, 4) is 5.75 Å². The Hall–Kier alpha value is -2.04. The van der Waals surface area contributed by atoms with Crippen LogP contribution in [0.25, 0.3) is 0 Å². The van der Waals surface area contributed by atoms with Crippen LogP contribution in [-0.2, 0) is 16.0 Å². The zero-order valence-electron chi connectivity index (χ0n) is 10.3. The molecule has 0 saturated heterocycles. The molecule has 1 aliphatic heterocycles. The first-order valence-corrected chi connectivity index (χ1v) is 6.01. The van der Waals surface area contributed by atoms with Crippen LogP contribution in [-0.4, -0.2) is 25.0 Å². The van der Waals surface area contributed by atoms with Gasteiger partial charge in [0.25, 0.3) is 5.91 Å². The molecule has 2 amide bonds. The van der Waals surface area contributed by atoms with Gasteiger partial charge in [-0.2, -0.15) is 0 Å². The molecule has 0 fully saturated rings. The van der Waals surface area contributed by atoms with Crippen molar-refractivity contribution in [3.63, 3.8) is 0 Å². The van der Waals surface area contributed by atoms with Crippen molar-refractivity contribution in [2.45, 2.75) is 19.8 Å². The van der Waals surface area contributed by atoms with Crippen LogP contribution in [0.4, 0.5) is 5.69 Å². The van der Waals surface area contributed by atoms with Crippen LogP contribution in [0.1, 0.15) is 18.9 Å². The average molecular weight is 248 g/mol. The van der Waals surface area contributed by atoms with Crippen molar-refractivity contribution in [1.82, 2.24) is 5.32 Å².